The van der Waals surface area contributed by atoms with E-state index in [1.165, 1.54) is 4.90 Å². The lowest BCUT2D eigenvalue weighted by atomic mass is 10.2. The Morgan fingerprint density at radius 3 is 2.62 bits per heavy atom. The van der Waals surface area contributed by atoms with Gasteiger partial charge >= 0.3 is 12.0 Å². The van der Waals surface area contributed by atoms with Crippen LogP contribution in [0.3, 0.4) is 0 Å². The first kappa shape index (κ1) is 14.5. The molecule has 0 spiro atoms. The van der Waals surface area contributed by atoms with E-state index in [2.05, 4.69) is 11.9 Å². The van der Waals surface area contributed by atoms with Gasteiger partial charge < -0.3 is 15.3 Å². The molecule has 2 amide bonds. The predicted octanol–water partition coefficient (Wildman–Crippen LogP) is 1.46. The average Bonchev–Trinajstić information content (AvgIpc) is 2.22. The molecular formula is C11H20N2O3. The lowest BCUT2D eigenvalue weighted by Crippen LogP contribution is -2.37. The van der Waals surface area contributed by atoms with Crippen molar-refractivity contribution < 1.29 is 14.7 Å². The van der Waals surface area contributed by atoms with Crippen LogP contribution in [0.2, 0.25) is 0 Å². The molecule has 0 aromatic rings. The molecule has 0 saturated heterocycles. The van der Waals surface area contributed by atoms with Gasteiger partial charge in [-0.3, -0.25) is 4.79 Å². The fourth-order valence-electron chi connectivity index (χ4n) is 1.18. The van der Waals surface area contributed by atoms with Crippen LogP contribution in [-0.2, 0) is 4.79 Å². The summed E-state index contributed by atoms with van der Waals surface area (Å²) in [7, 11) is 1.70. The zero-order valence-corrected chi connectivity index (χ0v) is 9.74. The number of likely N-dealkylation sites (N-methyl/N-ethyl adjacent to an activating group) is 1. The predicted molar refractivity (Wildman–Crippen MR) is 62.3 cm³/mol. The van der Waals surface area contributed by atoms with Crippen LogP contribution in [-0.4, -0.2) is 42.1 Å². The lowest BCUT2D eigenvalue weighted by Gasteiger charge is -2.15. The number of carboxylic acids is 1. The van der Waals surface area contributed by atoms with Gasteiger partial charge in [-0.05, 0) is 12.8 Å². The Morgan fingerprint density at radius 1 is 1.38 bits per heavy atom. The van der Waals surface area contributed by atoms with Crippen LogP contribution in [0.25, 0.3) is 0 Å². The summed E-state index contributed by atoms with van der Waals surface area (Å²) in [6.45, 7) is 4.65. The summed E-state index contributed by atoms with van der Waals surface area (Å²) < 4.78 is 0. The van der Waals surface area contributed by atoms with Crippen molar-refractivity contribution in [3.05, 3.63) is 12.7 Å². The van der Waals surface area contributed by atoms with E-state index in [9.17, 15) is 9.59 Å². The number of hydrogen-bond donors (Lipinski definition) is 2. The first-order valence-corrected chi connectivity index (χ1v) is 5.39. The second-order valence-corrected chi connectivity index (χ2v) is 3.61. The van der Waals surface area contributed by atoms with Gasteiger partial charge in [0, 0.05) is 26.6 Å². The van der Waals surface area contributed by atoms with Crippen LogP contribution < -0.4 is 5.32 Å². The summed E-state index contributed by atoms with van der Waals surface area (Å²) in [5, 5.41) is 11.2. The molecule has 0 heterocycles. The molecule has 2 N–H and O–H groups in total. The number of carbonyl (C=O) groups excluding carboxylic acids is 1. The Kier molecular flexibility index (Phi) is 7.93. The molecule has 0 aliphatic carbocycles. The molecule has 0 radical (unpaired) electrons. The third kappa shape index (κ3) is 7.84. The highest BCUT2D eigenvalue weighted by Crippen LogP contribution is 1.98. The van der Waals surface area contributed by atoms with E-state index in [4.69, 9.17) is 5.11 Å². The van der Waals surface area contributed by atoms with Crippen LogP contribution >= 0.6 is 0 Å². The van der Waals surface area contributed by atoms with Crippen LogP contribution in [0.4, 0.5) is 4.79 Å². The van der Waals surface area contributed by atoms with Crippen LogP contribution in [0.1, 0.15) is 25.7 Å². The summed E-state index contributed by atoms with van der Waals surface area (Å²) in [6, 6.07) is -0.127. The molecule has 0 aromatic heterocycles. The number of aliphatic carboxylic acids is 1. The van der Waals surface area contributed by atoms with Crippen molar-refractivity contribution >= 4 is 12.0 Å². The van der Waals surface area contributed by atoms with Gasteiger partial charge in [0.15, 0.2) is 0 Å². The third-order valence-electron chi connectivity index (χ3n) is 2.09. The number of carbonyl (C=O) groups is 2. The number of carboxylic acid groups (broad SMARTS) is 1. The topological polar surface area (TPSA) is 69.6 Å². The summed E-state index contributed by atoms with van der Waals surface area (Å²) in [4.78, 5) is 23.1. The quantitative estimate of drug-likeness (QED) is 0.488. The Hall–Kier alpha value is -1.52. The number of unbranched alkanes of at least 4 members (excludes halogenated alkanes) is 2. The minimum atomic E-state index is -0.769. The van der Waals surface area contributed by atoms with E-state index < -0.39 is 5.97 Å². The van der Waals surface area contributed by atoms with Crippen molar-refractivity contribution in [3.8, 4) is 0 Å². The van der Waals surface area contributed by atoms with Gasteiger partial charge in [0.25, 0.3) is 0 Å². The third-order valence-corrected chi connectivity index (χ3v) is 2.09. The fraction of sp³-hybridized carbons (Fsp3) is 0.636. The highest BCUT2D eigenvalue weighted by molar-refractivity contribution is 5.73. The Morgan fingerprint density at radius 2 is 2.06 bits per heavy atom. The van der Waals surface area contributed by atoms with E-state index in [-0.39, 0.29) is 12.5 Å². The van der Waals surface area contributed by atoms with E-state index in [1.54, 1.807) is 13.1 Å². The molecular weight excluding hydrogens is 208 g/mol. The number of urea groups is 1. The van der Waals surface area contributed by atoms with Crippen molar-refractivity contribution in [2.45, 2.75) is 25.7 Å². The smallest absolute Gasteiger partial charge is 0.317 e. The maximum Gasteiger partial charge on any atom is 0.317 e. The van der Waals surface area contributed by atoms with Gasteiger partial charge in [0.2, 0.25) is 0 Å². The van der Waals surface area contributed by atoms with Crippen molar-refractivity contribution in [1.82, 2.24) is 10.2 Å². The van der Waals surface area contributed by atoms with E-state index in [0.29, 0.717) is 19.5 Å². The molecule has 0 bridgehead atoms. The Balaban J connectivity index is 3.40. The number of amides is 2. The average molecular weight is 228 g/mol. The number of rotatable bonds is 8. The standard InChI is InChI=1S/C11H20N2O3/c1-3-9-13(2)11(16)12-8-6-4-5-7-10(14)15/h3H,1,4-9H2,2H3,(H,12,16)(H,14,15). The van der Waals surface area contributed by atoms with Gasteiger partial charge in [-0.1, -0.05) is 12.5 Å². The molecule has 0 rings (SSSR count). The molecule has 5 heteroatoms. The highest BCUT2D eigenvalue weighted by atomic mass is 16.4. The zero-order chi connectivity index (χ0) is 12.4. The van der Waals surface area contributed by atoms with Crippen molar-refractivity contribution in [2.75, 3.05) is 20.1 Å². The molecule has 92 valence electrons. The summed E-state index contributed by atoms with van der Waals surface area (Å²) in [5.41, 5.74) is 0. The minimum absolute atomic E-state index is 0.127. The highest BCUT2D eigenvalue weighted by Gasteiger charge is 2.04. The van der Waals surface area contributed by atoms with E-state index in [1.807, 2.05) is 0 Å². The Bertz CT molecular complexity index is 241. The monoisotopic (exact) mass is 228 g/mol. The number of hydrogen-bond acceptors (Lipinski definition) is 2. The minimum Gasteiger partial charge on any atom is -0.481 e. The van der Waals surface area contributed by atoms with Crippen molar-refractivity contribution in [2.24, 2.45) is 0 Å². The summed E-state index contributed by atoms with van der Waals surface area (Å²) in [6.07, 6.45) is 4.14. The molecule has 0 unspecified atom stereocenters. The normalized spacial score (nSPS) is 9.56. The second kappa shape index (κ2) is 8.76. The van der Waals surface area contributed by atoms with E-state index in [0.717, 1.165) is 12.8 Å². The molecule has 0 aromatic carbocycles. The van der Waals surface area contributed by atoms with Crippen LogP contribution in [0.5, 0.6) is 0 Å². The molecule has 0 atom stereocenters. The SMILES string of the molecule is C=CCN(C)C(=O)NCCCCCC(=O)O. The van der Waals surface area contributed by atoms with Gasteiger partial charge in [0.1, 0.15) is 0 Å². The van der Waals surface area contributed by atoms with Gasteiger partial charge in [0.05, 0.1) is 0 Å². The first-order chi connectivity index (χ1) is 7.57. The number of nitrogens with zero attached hydrogens (tertiary/aromatic N) is 1. The van der Waals surface area contributed by atoms with Crippen molar-refractivity contribution in [3.63, 3.8) is 0 Å². The summed E-state index contributed by atoms with van der Waals surface area (Å²) >= 11 is 0. The zero-order valence-electron chi connectivity index (χ0n) is 9.74. The molecule has 5 nitrogen and oxygen atoms in total. The molecule has 0 aliphatic heterocycles. The largest absolute Gasteiger partial charge is 0.481 e. The fourth-order valence-corrected chi connectivity index (χ4v) is 1.18. The molecule has 0 fully saturated rings. The maximum absolute atomic E-state index is 11.3. The lowest BCUT2D eigenvalue weighted by molar-refractivity contribution is -0.137. The molecule has 0 aliphatic rings. The van der Waals surface area contributed by atoms with Gasteiger partial charge in [-0.2, -0.15) is 0 Å². The number of nitrogens with one attached hydrogen (secondary N) is 1. The van der Waals surface area contributed by atoms with Crippen LogP contribution in [0.15, 0.2) is 12.7 Å². The van der Waals surface area contributed by atoms with E-state index >= 15 is 0 Å². The maximum atomic E-state index is 11.3. The van der Waals surface area contributed by atoms with Gasteiger partial charge in [-0.15, -0.1) is 6.58 Å². The first-order valence-electron chi connectivity index (χ1n) is 5.39. The summed E-state index contributed by atoms with van der Waals surface area (Å²) in [5.74, 6) is -0.769. The van der Waals surface area contributed by atoms with Gasteiger partial charge in [-0.25, -0.2) is 4.79 Å². The van der Waals surface area contributed by atoms with Crippen LogP contribution in [0, 0.1) is 0 Å². The van der Waals surface area contributed by atoms with Crippen molar-refractivity contribution in [1.29, 1.82) is 0 Å². The Labute approximate surface area is 96.1 Å². The molecule has 16 heavy (non-hydrogen) atoms. The second-order valence-electron chi connectivity index (χ2n) is 3.61. The molecule has 0 saturated carbocycles.